The number of carbonyl (C=O) groups is 2. The van der Waals surface area contributed by atoms with E-state index >= 15 is 0 Å². The molecule has 1 aliphatic heterocycles. The molecule has 0 saturated carbocycles. The second-order valence-electron chi connectivity index (χ2n) is 5.04. The molecule has 0 spiro atoms. The predicted octanol–water partition coefficient (Wildman–Crippen LogP) is 2.34. The number of para-hydroxylation sites is 1. The number of rotatable bonds is 3. The van der Waals surface area contributed by atoms with E-state index in [2.05, 4.69) is 10.6 Å². The first kappa shape index (κ1) is 14.6. The van der Waals surface area contributed by atoms with E-state index in [0.29, 0.717) is 29.9 Å². The van der Waals surface area contributed by atoms with Crippen LogP contribution in [0.5, 0.6) is 0 Å². The van der Waals surface area contributed by atoms with Crippen LogP contribution in [0.25, 0.3) is 0 Å². The van der Waals surface area contributed by atoms with E-state index in [1.165, 1.54) is 0 Å². The maximum Gasteiger partial charge on any atom is 0.321 e. The van der Waals surface area contributed by atoms with Gasteiger partial charge in [0.05, 0.1) is 11.3 Å². The molecule has 0 radical (unpaired) electrons. The quantitative estimate of drug-likeness (QED) is 0.912. The van der Waals surface area contributed by atoms with Gasteiger partial charge in [0, 0.05) is 24.3 Å². The minimum absolute atomic E-state index is 0.134. The molecule has 6 nitrogen and oxygen atoms in total. The van der Waals surface area contributed by atoms with Crippen LogP contribution in [0.15, 0.2) is 48.5 Å². The first-order valence-electron chi connectivity index (χ1n) is 7.15. The second kappa shape index (κ2) is 6.20. The van der Waals surface area contributed by atoms with Gasteiger partial charge in [-0.15, -0.1) is 0 Å². The topological polar surface area (TPSA) is 85.2 Å². The van der Waals surface area contributed by atoms with Gasteiger partial charge >= 0.3 is 6.03 Å². The maximum atomic E-state index is 12.3. The number of benzene rings is 2. The molecule has 0 unspecified atom stereocenters. The third kappa shape index (κ3) is 2.99. The van der Waals surface area contributed by atoms with Gasteiger partial charge in [-0.1, -0.05) is 12.1 Å². The van der Waals surface area contributed by atoms with Gasteiger partial charge in [-0.25, -0.2) is 4.79 Å². The Hall–Kier alpha value is -3.33. The highest BCUT2D eigenvalue weighted by Crippen LogP contribution is 2.19. The number of urea groups is 1. The molecule has 23 heavy (non-hydrogen) atoms. The van der Waals surface area contributed by atoms with Crippen LogP contribution in [0, 0.1) is 11.3 Å². The van der Waals surface area contributed by atoms with E-state index in [1.54, 1.807) is 53.4 Å². The third-order valence-electron chi connectivity index (χ3n) is 3.59. The number of nitrogens with zero attached hydrogens (tertiary/aromatic N) is 2. The van der Waals surface area contributed by atoms with Crippen LogP contribution >= 0.6 is 0 Å². The number of carbonyl (C=O) groups excluding carboxylic acids is 2. The number of amides is 3. The van der Waals surface area contributed by atoms with Crippen molar-refractivity contribution in [3.8, 4) is 6.07 Å². The van der Waals surface area contributed by atoms with Crippen molar-refractivity contribution < 1.29 is 9.59 Å². The van der Waals surface area contributed by atoms with Crippen LogP contribution in [-0.4, -0.2) is 25.0 Å². The number of nitriles is 1. The summed E-state index contributed by atoms with van der Waals surface area (Å²) in [6.45, 7) is 1.23. The molecule has 1 saturated heterocycles. The molecule has 1 heterocycles. The van der Waals surface area contributed by atoms with Crippen LogP contribution in [0.3, 0.4) is 0 Å². The van der Waals surface area contributed by atoms with Crippen molar-refractivity contribution in [2.45, 2.75) is 0 Å². The summed E-state index contributed by atoms with van der Waals surface area (Å²) in [5, 5.41) is 14.5. The lowest BCUT2D eigenvalue weighted by Gasteiger charge is -2.14. The van der Waals surface area contributed by atoms with Crippen molar-refractivity contribution in [2.24, 2.45) is 0 Å². The summed E-state index contributed by atoms with van der Waals surface area (Å²) in [5.41, 5.74) is 2.09. The second-order valence-corrected chi connectivity index (χ2v) is 5.04. The molecule has 2 aromatic rings. The van der Waals surface area contributed by atoms with Crippen molar-refractivity contribution in [2.75, 3.05) is 23.3 Å². The largest absolute Gasteiger partial charge is 0.336 e. The average molecular weight is 306 g/mol. The molecule has 3 rings (SSSR count). The van der Waals surface area contributed by atoms with Gasteiger partial charge in [-0.05, 0) is 36.4 Å². The minimum atomic E-state index is -0.301. The fraction of sp³-hybridized carbons (Fsp3) is 0.118. The summed E-state index contributed by atoms with van der Waals surface area (Å²) in [6, 6.07) is 15.5. The number of hydrogen-bond donors (Lipinski definition) is 2. The van der Waals surface area contributed by atoms with Crippen molar-refractivity contribution in [3.05, 3.63) is 59.7 Å². The van der Waals surface area contributed by atoms with Crippen LogP contribution in [0.1, 0.15) is 15.9 Å². The van der Waals surface area contributed by atoms with E-state index in [0.717, 1.165) is 5.69 Å². The van der Waals surface area contributed by atoms with Crippen molar-refractivity contribution in [3.63, 3.8) is 0 Å². The molecular weight excluding hydrogens is 292 g/mol. The molecule has 0 atom stereocenters. The van der Waals surface area contributed by atoms with Crippen molar-refractivity contribution in [1.29, 1.82) is 5.26 Å². The summed E-state index contributed by atoms with van der Waals surface area (Å²) >= 11 is 0. The molecule has 3 amide bonds. The number of hydrogen-bond acceptors (Lipinski definition) is 3. The summed E-state index contributed by atoms with van der Waals surface area (Å²) in [4.78, 5) is 25.5. The van der Waals surface area contributed by atoms with Gasteiger partial charge in [-0.2, -0.15) is 5.26 Å². The lowest BCUT2D eigenvalue weighted by molar-refractivity contribution is 0.102. The third-order valence-corrected chi connectivity index (χ3v) is 3.59. The van der Waals surface area contributed by atoms with Crippen molar-refractivity contribution in [1.82, 2.24) is 5.32 Å². The lowest BCUT2D eigenvalue weighted by atomic mass is 10.1. The van der Waals surface area contributed by atoms with E-state index in [-0.39, 0.29) is 11.9 Å². The Labute approximate surface area is 133 Å². The molecule has 6 heteroatoms. The van der Waals surface area contributed by atoms with Crippen LogP contribution < -0.4 is 15.5 Å². The fourth-order valence-electron chi connectivity index (χ4n) is 2.39. The van der Waals surface area contributed by atoms with E-state index in [9.17, 15) is 9.59 Å². The Morgan fingerprint density at radius 2 is 1.91 bits per heavy atom. The summed E-state index contributed by atoms with van der Waals surface area (Å²) in [5.74, 6) is -0.301. The SMILES string of the molecule is N#Cc1ccccc1NC(=O)c1ccc(N2CCNC2=O)cc1. The molecule has 114 valence electrons. The van der Waals surface area contributed by atoms with Gasteiger partial charge in [0.2, 0.25) is 0 Å². The molecule has 2 N–H and O–H groups in total. The highest BCUT2D eigenvalue weighted by atomic mass is 16.2. The Balaban J connectivity index is 1.75. The molecule has 0 bridgehead atoms. The Morgan fingerprint density at radius 1 is 1.17 bits per heavy atom. The number of nitrogens with one attached hydrogen (secondary N) is 2. The molecule has 2 aromatic carbocycles. The van der Waals surface area contributed by atoms with Crippen LogP contribution in [0.2, 0.25) is 0 Å². The van der Waals surface area contributed by atoms with Gasteiger partial charge in [0.15, 0.2) is 0 Å². The zero-order chi connectivity index (χ0) is 16.2. The predicted molar refractivity (Wildman–Crippen MR) is 86.3 cm³/mol. The lowest BCUT2D eigenvalue weighted by Crippen LogP contribution is -2.27. The summed E-state index contributed by atoms with van der Waals surface area (Å²) < 4.78 is 0. The summed E-state index contributed by atoms with van der Waals surface area (Å²) in [7, 11) is 0. The van der Waals surface area contributed by atoms with Gasteiger partial charge < -0.3 is 10.6 Å². The Kier molecular flexibility index (Phi) is 3.93. The van der Waals surface area contributed by atoms with Gasteiger partial charge in [-0.3, -0.25) is 9.69 Å². The molecule has 1 aliphatic rings. The molecule has 1 fully saturated rings. The van der Waals surface area contributed by atoms with E-state index in [1.807, 2.05) is 6.07 Å². The standard InChI is InChI=1S/C17H14N4O2/c18-11-13-3-1-2-4-15(13)20-16(22)12-5-7-14(8-6-12)21-10-9-19-17(21)23/h1-8H,9-10H2,(H,19,23)(H,20,22). The van der Waals surface area contributed by atoms with Crippen molar-refractivity contribution >= 4 is 23.3 Å². The molecule has 0 aliphatic carbocycles. The highest BCUT2D eigenvalue weighted by molar-refractivity contribution is 6.05. The Morgan fingerprint density at radius 3 is 2.57 bits per heavy atom. The summed E-state index contributed by atoms with van der Waals surface area (Å²) in [6.07, 6.45) is 0. The van der Waals surface area contributed by atoms with E-state index < -0.39 is 0 Å². The van der Waals surface area contributed by atoms with Gasteiger partial charge in [0.25, 0.3) is 5.91 Å². The van der Waals surface area contributed by atoms with Gasteiger partial charge in [0.1, 0.15) is 6.07 Å². The maximum absolute atomic E-state index is 12.3. The fourth-order valence-corrected chi connectivity index (χ4v) is 2.39. The normalized spacial score (nSPS) is 13.3. The first-order valence-corrected chi connectivity index (χ1v) is 7.15. The first-order chi connectivity index (χ1) is 11.2. The zero-order valence-corrected chi connectivity index (χ0v) is 12.2. The zero-order valence-electron chi connectivity index (χ0n) is 12.2. The molecule has 0 aromatic heterocycles. The van der Waals surface area contributed by atoms with Crippen LogP contribution in [0.4, 0.5) is 16.2 Å². The average Bonchev–Trinajstić information content (AvgIpc) is 3.01. The highest BCUT2D eigenvalue weighted by Gasteiger charge is 2.21. The smallest absolute Gasteiger partial charge is 0.321 e. The monoisotopic (exact) mass is 306 g/mol. The number of anilines is 2. The molecular formula is C17H14N4O2. The minimum Gasteiger partial charge on any atom is -0.336 e. The van der Waals surface area contributed by atoms with Crippen LogP contribution in [-0.2, 0) is 0 Å². The van der Waals surface area contributed by atoms with E-state index in [4.69, 9.17) is 5.26 Å². The Bertz CT molecular complexity index is 793.